The quantitative estimate of drug-likeness (QED) is 0.851. The highest BCUT2D eigenvalue weighted by Gasteiger charge is 2.18. The van der Waals surface area contributed by atoms with Gasteiger partial charge >= 0.3 is 0 Å². The number of methoxy groups -OCH3 is 1. The topological polar surface area (TPSA) is 41.6 Å². The van der Waals surface area contributed by atoms with Gasteiger partial charge in [-0.05, 0) is 42.2 Å². The molecular weight excluding hydrogens is 300 g/mol. The number of carbonyl (C=O) groups is 1. The Morgan fingerprint density at radius 2 is 2.08 bits per heavy atom. The van der Waals surface area contributed by atoms with E-state index in [2.05, 4.69) is 40.5 Å². The zero-order chi connectivity index (χ0) is 16.8. The summed E-state index contributed by atoms with van der Waals surface area (Å²) in [6.45, 7) is 2.45. The fourth-order valence-corrected chi connectivity index (χ4v) is 3.14. The highest BCUT2D eigenvalue weighted by molar-refractivity contribution is 5.76. The van der Waals surface area contributed by atoms with Crippen LogP contribution in [0, 0.1) is 0 Å². The summed E-state index contributed by atoms with van der Waals surface area (Å²) in [5.41, 5.74) is 3.83. The maximum absolute atomic E-state index is 12.1. The minimum atomic E-state index is 0.113. The van der Waals surface area contributed by atoms with Gasteiger partial charge in [0.25, 0.3) is 0 Å². The van der Waals surface area contributed by atoms with Crippen LogP contribution in [0.4, 0.5) is 5.69 Å². The van der Waals surface area contributed by atoms with Gasteiger partial charge in [-0.25, -0.2) is 0 Å². The van der Waals surface area contributed by atoms with E-state index in [1.54, 1.807) is 7.11 Å². The molecule has 4 heteroatoms. The van der Waals surface area contributed by atoms with Gasteiger partial charge in [0.05, 0.1) is 7.11 Å². The summed E-state index contributed by atoms with van der Waals surface area (Å²) in [7, 11) is 1.66. The summed E-state index contributed by atoms with van der Waals surface area (Å²) in [5, 5.41) is 3.01. The van der Waals surface area contributed by atoms with Crippen molar-refractivity contribution in [3.05, 3.63) is 59.7 Å². The molecule has 0 aromatic heterocycles. The lowest BCUT2D eigenvalue weighted by Crippen LogP contribution is -2.31. The molecule has 4 nitrogen and oxygen atoms in total. The maximum atomic E-state index is 12.1. The van der Waals surface area contributed by atoms with Gasteiger partial charge in [0.2, 0.25) is 5.91 Å². The molecule has 3 rings (SSSR count). The van der Waals surface area contributed by atoms with Crippen molar-refractivity contribution in [2.24, 2.45) is 0 Å². The minimum Gasteiger partial charge on any atom is -0.497 e. The molecule has 1 aliphatic rings. The molecule has 0 atom stereocenters. The SMILES string of the molecule is COc1cccc(CCNC(=O)CCN2CCc3ccccc32)c1. The first-order valence-electron chi connectivity index (χ1n) is 8.49. The van der Waals surface area contributed by atoms with Crippen molar-refractivity contribution in [1.82, 2.24) is 5.32 Å². The average Bonchev–Trinajstić information content (AvgIpc) is 3.03. The number of fused-ring (bicyclic) bond motifs is 1. The molecule has 1 heterocycles. The fourth-order valence-electron chi connectivity index (χ4n) is 3.14. The molecular formula is C20H24N2O2. The van der Waals surface area contributed by atoms with Crippen molar-refractivity contribution in [1.29, 1.82) is 0 Å². The zero-order valence-corrected chi connectivity index (χ0v) is 14.1. The van der Waals surface area contributed by atoms with Gasteiger partial charge in [0.15, 0.2) is 0 Å². The van der Waals surface area contributed by atoms with Gasteiger partial charge in [0, 0.05) is 31.7 Å². The Hall–Kier alpha value is -2.49. The van der Waals surface area contributed by atoms with Crippen LogP contribution in [-0.2, 0) is 17.6 Å². The molecule has 1 N–H and O–H groups in total. The van der Waals surface area contributed by atoms with Crippen molar-refractivity contribution in [3.63, 3.8) is 0 Å². The molecule has 0 fully saturated rings. The normalized spacial score (nSPS) is 12.8. The lowest BCUT2D eigenvalue weighted by Gasteiger charge is -2.19. The van der Waals surface area contributed by atoms with Crippen LogP contribution in [0.15, 0.2) is 48.5 Å². The molecule has 0 aliphatic carbocycles. The number of hydrogen-bond acceptors (Lipinski definition) is 3. The van der Waals surface area contributed by atoms with Gasteiger partial charge in [0.1, 0.15) is 5.75 Å². The van der Waals surface area contributed by atoms with Crippen LogP contribution in [0.5, 0.6) is 5.75 Å². The van der Waals surface area contributed by atoms with Crippen LogP contribution in [0.25, 0.3) is 0 Å². The van der Waals surface area contributed by atoms with E-state index in [0.717, 1.165) is 31.7 Å². The highest BCUT2D eigenvalue weighted by Crippen LogP contribution is 2.27. The number of nitrogens with one attached hydrogen (secondary N) is 1. The standard InChI is InChI=1S/C20H24N2O2/c1-24-18-7-4-5-16(15-18)9-12-21-20(23)11-14-22-13-10-17-6-2-3-8-19(17)22/h2-8,15H,9-14H2,1H3,(H,21,23). The van der Waals surface area contributed by atoms with Gasteiger partial charge in [-0.2, -0.15) is 0 Å². The highest BCUT2D eigenvalue weighted by atomic mass is 16.5. The smallest absolute Gasteiger partial charge is 0.221 e. The molecule has 24 heavy (non-hydrogen) atoms. The molecule has 1 aliphatic heterocycles. The number of rotatable bonds is 7. The van der Waals surface area contributed by atoms with Crippen LogP contribution in [0.1, 0.15) is 17.5 Å². The van der Waals surface area contributed by atoms with Crippen LogP contribution >= 0.6 is 0 Å². The Morgan fingerprint density at radius 1 is 1.21 bits per heavy atom. The van der Waals surface area contributed by atoms with Crippen molar-refractivity contribution in [3.8, 4) is 5.75 Å². The number of hydrogen-bond donors (Lipinski definition) is 1. The van der Waals surface area contributed by atoms with Gasteiger partial charge < -0.3 is 15.0 Å². The van der Waals surface area contributed by atoms with E-state index in [1.807, 2.05) is 18.2 Å². The van der Waals surface area contributed by atoms with E-state index in [0.29, 0.717) is 13.0 Å². The number of amides is 1. The van der Waals surface area contributed by atoms with Crippen molar-refractivity contribution >= 4 is 11.6 Å². The summed E-state index contributed by atoms with van der Waals surface area (Å²) in [6.07, 6.45) is 2.43. The molecule has 126 valence electrons. The van der Waals surface area contributed by atoms with E-state index in [4.69, 9.17) is 4.74 Å². The van der Waals surface area contributed by atoms with Gasteiger partial charge in [-0.3, -0.25) is 4.79 Å². The fraction of sp³-hybridized carbons (Fsp3) is 0.350. The summed E-state index contributed by atoms with van der Waals surface area (Å²) < 4.78 is 5.21. The summed E-state index contributed by atoms with van der Waals surface area (Å²) in [4.78, 5) is 14.4. The summed E-state index contributed by atoms with van der Waals surface area (Å²) in [6, 6.07) is 16.4. The minimum absolute atomic E-state index is 0.113. The number of para-hydroxylation sites is 1. The van der Waals surface area contributed by atoms with E-state index in [9.17, 15) is 4.79 Å². The molecule has 2 aromatic carbocycles. The Kier molecular flexibility index (Phi) is 5.36. The van der Waals surface area contributed by atoms with E-state index in [1.165, 1.54) is 16.8 Å². The Balaban J connectivity index is 1.40. The molecule has 0 saturated heterocycles. The Labute approximate surface area is 143 Å². The predicted molar refractivity (Wildman–Crippen MR) is 96.7 cm³/mol. The second-order valence-electron chi connectivity index (χ2n) is 6.07. The first-order valence-corrected chi connectivity index (χ1v) is 8.49. The first-order chi connectivity index (χ1) is 11.8. The second-order valence-corrected chi connectivity index (χ2v) is 6.07. The lowest BCUT2D eigenvalue weighted by molar-refractivity contribution is -0.120. The molecule has 0 spiro atoms. The average molecular weight is 324 g/mol. The van der Waals surface area contributed by atoms with Crippen molar-refractivity contribution < 1.29 is 9.53 Å². The number of ether oxygens (including phenoxy) is 1. The number of anilines is 1. The molecule has 1 amide bonds. The molecule has 0 unspecified atom stereocenters. The van der Waals surface area contributed by atoms with E-state index in [-0.39, 0.29) is 5.91 Å². The Morgan fingerprint density at radius 3 is 2.96 bits per heavy atom. The van der Waals surface area contributed by atoms with Crippen molar-refractivity contribution in [2.75, 3.05) is 31.6 Å². The zero-order valence-electron chi connectivity index (χ0n) is 14.1. The summed E-state index contributed by atoms with van der Waals surface area (Å²) in [5.74, 6) is 0.966. The molecule has 0 radical (unpaired) electrons. The third-order valence-electron chi connectivity index (χ3n) is 4.46. The predicted octanol–water partition coefficient (Wildman–Crippen LogP) is 2.81. The third-order valence-corrected chi connectivity index (χ3v) is 4.46. The van der Waals surface area contributed by atoms with E-state index < -0.39 is 0 Å². The van der Waals surface area contributed by atoms with Crippen LogP contribution in [-0.4, -0.2) is 32.7 Å². The first kappa shape index (κ1) is 16.4. The second kappa shape index (κ2) is 7.86. The number of nitrogens with zero attached hydrogens (tertiary/aromatic N) is 1. The lowest BCUT2D eigenvalue weighted by atomic mass is 10.1. The van der Waals surface area contributed by atoms with Crippen molar-refractivity contribution in [2.45, 2.75) is 19.3 Å². The Bertz CT molecular complexity index is 700. The molecule has 0 saturated carbocycles. The monoisotopic (exact) mass is 324 g/mol. The van der Waals surface area contributed by atoms with Crippen LogP contribution in [0.2, 0.25) is 0 Å². The largest absolute Gasteiger partial charge is 0.497 e. The van der Waals surface area contributed by atoms with Crippen LogP contribution in [0.3, 0.4) is 0 Å². The number of carbonyl (C=O) groups excluding carboxylic acids is 1. The van der Waals surface area contributed by atoms with Crippen LogP contribution < -0.4 is 15.0 Å². The number of benzene rings is 2. The van der Waals surface area contributed by atoms with Gasteiger partial charge in [-0.1, -0.05) is 30.3 Å². The van der Waals surface area contributed by atoms with E-state index >= 15 is 0 Å². The summed E-state index contributed by atoms with van der Waals surface area (Å²) >= 11 is 0. The van der Waals surface area contributed by atoms with Gasteiger partial charge in [-0.15, -0.1) is 0 Å². The molecule has 2 aromatic rings. The maximum Gasteiger partial charge on any atom is 0.221 e. The third kappa shape index (κ3) is 4.07. The molecule has 0 bridgehead atoms.